The van der Waals surface area contributed by atoms with E-state index in [2.05, 4.69) is 44.3 Å². The molecule has 0 aliphatic heterocycles. The summed E-state index contributed by atoms with van der Waals surface area (Å²) in [5.41, 5.74) is 2.15. The van der Waals surface area contributed by atoms with Crippen LogP contribution in [0, 0.1) is 5.82 Å². The minimum atomic E-state index is -0.167. The molecule has 0 spiro atoms. The fourth-order valence-electron chi connectivity index (χ4n) is 2.25. The molecule has 1 rings (SSSR count). The van der Waals surface area contributed by atoms with Crippen molar-refractivity contribution in [1.82, 2.24) is 5.32 Å². The number of anilines is 1. The van der Waals surface area contributed by atoms with Gasteiger partial charge in [0.2, 0.25) is 0 Å². The number of nitrogens with zero attached hydrogens (tertiary/aromatic N) is 1. The van der Waals surface area contributed by atoms with Gasteiger partial charge in [-0.1, -0.05) is 6.92 Å². The first-order valence-electron chi connectivity index (χ1n) is 7.25. The lowest BCUT2D eigenvalue weighted by molar-refractivity contribution is 0.560. The van der Waals surface area contributed by atoms with Gasteiger partial charge in [0.1, 0.15) is 5.82 Å². The summed E-state index contributed by atoms with van der Waals surface area (Å²) in [4.78, 5) is 2.25. The Bertz CT molecular complexity index is 411. The normalized spacial score (nSPS) is 14.1. The van der Waals surface area contributed by atoms with Crippen molar-refractivity contribution in [2.45, 2.75) is 39.3 Å². The van der Waals surface area contributed by atoms with E-state index in [1.54, 1.807) is 12.1 Å². The second-order valence-corrected chi connectivity index (χ2v) is 6.20. The van der Waals surface area contributed by atoms with Crippen molar-refractivity contribution in [3.8, 4) is 0 Å². The second-order valence-electron chi connectivity index (χ2n) is 5.29. The van der Waals surface area contributed by atoms with Crippen molar-refractivity contribution < 1.29 is 4.39 Å². The van der Waals surface area contributed by atoms with Crippen LogP contribution in [0.4, 0.5) is 10.1 Å². The molecule has 2 atom stereocenters. The lowest BCUT2D eigenvalue weighted by Crippen LogP contribution is -2.32. The van der Waals surface area contributed by atoms with Crippen LogP contribution >= 0.6 is 11.8 Å². The van der Waals surface area contributed by atoms with Gasteiger partial charge in [0.25, 0.3) is 0 Å². The summed E-state index contributed by atoms with van der Waals surface area (Å²) >= 11 is 1.83. The number of thioether (sulfide) groups is 1. The van der Waals surface area contributed by atoms with Crippen molar-refractivity contribution in [2.24, 2.45) is 0 Å². The van der Waals surface area contributed by atoms with Gasteiger partial charge in [0.15, 0.2) is 0 Å². The van der Waals surface area contributed by atoms with Gasteiger partial charge in [-0.3, -0.25) is 0 Å². The molecule has 0 bridgehead atoms. The summed E-state index contributed by atoms with van der Waals surface area (Å²) in [5, 5.41) is 3.44. The molecule has 114 valence electrons. The molecule has 0 fully saturated rings. The van der Waals surface area contributed by atoms with Crippen LogP contribution in [-0.2, 0) is 0 Å². The monoisotopic (exact) mass is 298 g/mol. The Morgan fingerprint density at radius 1 is 1.35 bits per heavy atom. The molecule has 0 saturated heterocycles. The Hall–Kier alpha value is -0.740. The fourth-order valence-corrected chi connectivity index (χ4v) is 2.96. The Balaban J connectivity index is 3.00. The average molecular weight is 298 g/mol. The molecule has 4 heteroatoms. The lowest BCUT2D eigenvalue weighted by atomic mass is 10.0. The highest BCUT2D eigenvalue weighted by Gasteiger charge is 2.17. The van der Waals surface area contributed by atoms with Gasteiger partial charge < -0.3 is 10.2 Å². The van der Waals surface area contributed by atoms with Crippen molar-refractivity contribution in [3.63, 3.8) is 0 Å². The van der Waals surface area contributed by atoms with Crippen molar-refractivity contribution in [1.29, 1.82) is 0 Å². The Kier molecular flexibility index (Phi) is 7.38. The number of halogens is 1. The fraction of sp³-hybridized carbons (Fsp3) is 0.625. The summed E-state index contributed by atoms with van der Waals surface area (Å²) in [6, 6.07) is 5.68. The van der Waals surface area contributed by atoms with Gasteiger partial charge in [-0.2, -0.15) is 11.8 Å². The molecule has 0 aromatic heterocycles. The highest BCUT2D eigenvalue weighted by Crippen LogP contribution is 2.28. The van der Waals surface area contributed by atoms with E-state index in [0.29, 0.717) is 6.04 Å². The van der Waals surface area contributed by atoms with Crippen molar-refractivity contribution in [3.05, 3.63) is 29.6 Å². The molecule has 0 aliphatic rings. The molecule has 0 radical (unpaired) electrons. The van der Waals surface area contributed by atoms with E-state index in [1.165, 1.54) is 0 Å². The molecule has 0 saturated carbocycles. The first kappa shape index (κ1) is 17.3. The Labute approximate surface area is 127 Å². The van der Waals surface area contributed by atoms with Crippen LogP contribution in [0.1, 0.15) is 38.8 Å². The maximum atomic E-state index is 13.6. The van der Waals surface area contributed by atoms with Crippen LogP contribution in [0.5, 0.6) is 0 Å². The summed E-state index contributed by atoms with van der Waals surface area (Å²) in [7, 11) is 2.09. The summed E-state index contributed by atoms with van der Waals surface area (Å²) < 4.78 is 13.6. The van der Waals surface area contributed by atoms with E-state index < -0.39 is 0 Å². The molecular formula is C16H27FN2S. The summed E-state index contributed by atoms with van der Waals surface area (Å²) in [6.45, 7) is 7.38. The van der Waals surface area contributed by atoms with Gasteiger partial charge in [0.05, 0.1) is 0 Å². The SMILES string of the molecule is CCCNC(C)c1cc(F)ccc1N(C)C(C)CSC. The maximum Gasteiger partial charge on any atom is 0.123 e. The van der Waals surface area contributed by atoms with Gasteiger partial charge in [-0.25, -0.2) is 4.39 Å². The maximum absolute atomic E-state index is 13.6. The van der Waals surface area contributed by atoms with Crippen molar-refractivity contribution in [2.75, 3.05) is 30.5 Å². The Morgan fingerprint density at radius 3 is 2.65 bits per heavy atom. The molecule has 20 heavy (non-hydrogen) atoms. The topological polar surface area (TPSA) is 15.3 Å². The number of rotatable bonds is 8. The van der Waals surface area contributed by atoms with E-state index in [9.17, 15) is 4.39 Å². The Morgan fingerprint density at radius 2 is 2.05 bits per heavy atom. The lowest BCUT2D eigenvalue weighted by Gasteiger charge is -2.30. The van der Waals surface area contributed by atoms with Gasteiger partial charge in [0, 0.05) is 30.6 Å². The van der Waals surface area contributed by atoms with Crippen LogP contribution in [0.2, 0.25) is 0 Å². The van der Waals surface area contributed by atoms with E-state index in [4.69, 9.17) is 0 Å². The summed E-state index contributed by atoms with van der Waals surface area (Å²) in [5.74, 6) is 0.893. The van der Waals surface area contributed by atoms with Gasteiger partial charge >= 0.3 is 0 Å². The highest BCUT2D eigenvalue weighted by atomic mass is 32.2. The molecule has 0 amide bonds. The predicted octanol–water partition coefficient (Wildman–Crippen LogP) is 4.07. The highest BCUT2D eigenvalue weighted by molar-refractivity contribution is 7.98. The first-order chi connectivity index (χ1) is 9.51. The van der Waals surface area contributed by atoms with Gasteiger partial charge in [-0.15, -0.1) is 0 Å². The average Bonchev–Trinajstić information content (AvgIpc) is 2.44. The molecule has 0 aliphatic carbocycles. The molecule has 2 nitrogen and oxygen atoms in total. The molecule has 1 N–H and O–H groups in total. The van der Waals surface area contributed by atoms with Crippen LogP contribution < -0.4 is 10.2 Å². The molecular weight excluding hydrogens is 271 g/mol. The van der Waals surface area contributed by atoms with Crippen LogP contribution in [0.15, 0.2) is 18.2 Å². The largest absolute Gasteiger partial charge is 0.371 e. The van der Waals surface area contributed by atoms with E-state index in [-0.39, 0.29) is 11.9 Å². The minimum absolute atomic E-state index is 0.157. The van der Waals surface area contributed by atoms with E-state index >= 15 is 0 Å². The number of hydrogen-bond acceptors (Lipinski definition) is 3. The number of nitrogens with one attached hydrogen (secondary N) is 1. The molecule has 1 aromatic rings. The zero-order chi connectivity index (χ0) is 15.1. The number of benzene rings is 1. The third-order valence-electron chi connectivity index (χ3n) is 3.61. The molecule has 1 aromatic carbocycles. The number of hydrogen-bond donors (Lipinski definition) is 1. The van der Waals surface area contributed by atoms with Crippen LogP contribution in [0.3, 0.4) is 0 Å². The van der Waals surface area contributed by atoms with Crippen LogP contribution in [0.25, 0.3) is 0 Å². The van der Waals surface area contributed by atoms with Crippen molar-refractivity contribution >= 4 is 17.4 Å². The zero-order valence-electron chi connectivity index (χ0n) is 13.2. The third kappa shape index (κ3) is 4.67. The standard InChI is InChI=1S/C16H27FN2S/c1-6-9-18-13(3)15-10-14(17)7-8-16(15)19(4)12(2)11-20-5/h7-8,10,12-13,18H,6,9,11H2,1-5H3. The zero-order valence-corrected chi connectivity index (χ0v) is 14.1. The third-order valence-corrected chi connectivity index (χ3v) is 4.42. The van der Waals surface area contributed by atoms with Crippen LogP contribution in [-0.4, -0.2) is 31.6 Å². The first-order valence-corrected chi connectivity index (χ1v) is 8.65. The van der Waals surface area contributed by atoms with E-state index in [1.807, 2.05) is 17.8 Å². The smallest absolute Gasteiger partial charge is 0.123 e. The second kappa shape index (κ2) is 8.53. The minimum Gasteiger partial charge on any atom is -0.371 e. The predicted molar refractivity (Wildman–Crippen MR) is 89.4 cm³/mol. The molecule has 2 unspecified atom stereocenters. The molecule has 0 heterocycles. The van der Waals surface area contributed by atoms with Gasteiger partial charge in [-0.05, 0) is 56.8 Å². The van der Waals surface area contributed by atoms with E-state index in [0.717, 1.165) is 30.0 Å². The summed E-state index contributed by atoms with van der Waals surface area (Å²) in [6.07, 6.45) is 3.19. The quantitative estimate of drug-likeness (QED) is 0.778.